The molecule has 2 fully saturated rings. The van der Waals surface area contributed by atoms with Crippen molar-refractivity contribution in [2.45, 2.75) is 45.1 Å². The lowest BCUT2D eigenvalue weighted by molar-refractivity contribution is -0.122. The molecule has 3 atom stereocenters. The third-order valence-corrected chi connectivity index (χ3v) is 5.51. The normalized spacial score (nSPS) is 24.6. The second-order valence-electron chi connectivity index (χ2n) is 7.10. The summed E-state index contributed by atoms with van der Waals surface area (Å²) in [5.41, 5.74) is 0.816. The second-order valence-corrected chi connectivity index (χ2v) is 7.10. The minimum atomic E-state index is -2.90. The maximum atomic E-state index is 12.4. The second kappa shape index (κ2) is 8.02. The molecule has 0 saturated heterocycles. The summed E-state index contributed by atoms with van der Waals surface area (Å²) in [6.45, 7) is -2.41. The molecule has 2 saturated carbocycles. The molecule has 0 radical (unpaired) electrons. The Labute approximate surface area is 146 Å². The van der Waals surface area contributed by atoms with Crippen molar-refractivity contribution >= 4 is 5.91 Å². The van der Waals surface area contributed by atoms with Gasteiger partial charge in [0.15, 0.2) is 11.5 Å². The number of fused-ring (bicyclic) bond motifs is 2. The van der Waals surface area contributed by atoms with E-state index >= 15 is 0 Å². The molecule has 6 heteroatoms. The van der Waals surface area contributed by atoms with E-state index in [4.69, 9.17) is 4.74 Å². The summed E-state index contributed by atoms with van der Waals surface area (Å²) in [5.74, 6) is 2.51. The lowest BCUT2D eigenvalue weighted by Crippen LogP contribution is -2.29. The van der Waals surface area contributed by atoms with Gasteiger partial charge in [0.2, 0.25) is 5.91 Å². The van der Waals surface area contributed by atoms with Crippen LogP contribution >= 0.6 is 0 Å². The predicted molar refractivity (Wildman–Crippen MR) is 89.9 cm³/mol. The number of hydrogen-bond acceptors (Lipinski definition) is 3. The molecule has 2 aliphatic carbocycles. The summed E-state index contributed by atoms with van der Waals surface area (Å²) < 4.78 is 34.4. The summed E-state index contributed by atoms with van der Waals surface area (Å²) in [4.78, 5) is 12.1. The maximum Gasteiger partial charge on any atom is 0.387 e. The van der Waals surface area contributed by atoms with Gasteiger partial charge in [-0.2, -0.15) is 8.78 Å². The third kappa shape index (κ3) is 4.61. The molecule has 3 rings (SSSR count). The van der Waals surface area contributed by atoms with E-state index < -0.39 is 6.61 Å². The number of hydrogen-bond donors (Lipinski definition) is 1. The zero-order valence-electron chi connectivity index (χ0n) is 14.5. The summed E-state index contributed by atoms with van der Waals surface area (Å²) in [6, 6.07) is 4.93. The van der Waals surface area contributed by atoms with Crippen LogP contribution in [0.15, 0.2) is 18.2 Å². The largest absolute Gasteiger partial charge is 0.493 e. The summed E-state index contributed by atoms with van der Waals surface area (Å²) in [7, 11) is 1.41. The Kier molecular flexibility index (Phi) is 5.76. The van der Waals surface area contributed by atoms with Gasteiger partial charge in [0.05, 0.1) is 7.11 Å². The number of carbonyl (C=O) groups is 1. The van der Waals surface area contributed by atoms with Gasteiger partial charge in [-0.3, -0.25) is 4.79 Å². The van der Waals surface area contributed by atoms with Gasteiger partial charge >= 0.3 is 6.61 Å². The Morgan fingerprint density at radius 2 is 2.12 bits per heavy atom. The van der Waals surface area contributed by atoms with Crippen LogP contribution in [-0.2, 0) is 11.2 Å². The minimum Gasteiger partial charge on any atom is -0.493 e. The number of nitrogens with one attached hydrogen (secondary N) is 1. The third-order valence-electron chi connectivity index (χ3n) is 5.51. The average molecular weight is 353 g/mol. The first-order valence-electron chi connectivity index (χ1n) is 8.93. The van der Waals surface area contributed by atoms with Gasteiger partial charge < -0.3 is 14.8 Å². The first-order valence-corrected chi connectivity index (χ1v) is 8.93. The van der Waals surface area contributed by atoms with Crippen molar-refractivity contribution in [1.82, 2.24) is 5.32 Å². The molecule has 0 aromatic heterocycles. The summed E-state index contributed by atoms with van der Waals surface area (Å²) >= 11 is 0. The van der Waals surface area contributed by atoms with E-state index in [9.17, 15) is 13.6 Å². The fraction of sp³-hybridized carbons (Fsp3) is 0.632. The number of carbonyl (C=O) groups excluding carboxylic acids is 1. The molecule has 2 aliphatic rings. The molecule has 1 aromatic rings. The molecular formula is C19H25F2NO3. The van der Waals surface area contributed by atoms with Crippen molar-refractivity contribution in [1.29, 1.82) is 0 Å². The zero-order valence-corrected chi connectivity index (χ0v) is 14.5. The van der Waals surface area contributed by atoms with Crippen LogP contribution in [0.1, 0.15) is 37.7 Å². The first-order chi connectivity index (χ1) is 12.0. The van der Waals surface area contributed by atoms with Crippen molar-refractivity contribution < 1.29 is 23.0 Å². The van der Waals surface area contributed by atoms with Crippen LogP contribution in [0.4, 0.5) is 8.78 Å². The lowest BCUT2D eigenvalue weighted by Gasteiger charge is -2.20. The molecule has 1 amide bonds. The molecule has 2 bridgehead atoms. The molecule has 25 heavy (non-hydrogen) atoms. The van der Waals surface area contributed by atoms with E-state index in [1.165, 1.54) is 38.9 Å². The summed E-state index contributed by atoms with van der Waals surface area (Å²) in [5, 5.41) is 2.95. The van der Waals surface area contributed by atoms with Crippen molar-refractivity contribution in [2.24, 2.45) is 17.8 Å². The Bertz CT molecular complexity index is 608. The van der Waals surface area contributed by atoms with E-state index in [2.05, 4.69) is 10.1 Å². The lowest BCUT2D eigenvalue weighted by atomic mass is 9.86. The van der Waals surface area contributed by atoms with Crippen LogP contribution in [0.2, 0.25) is 0 Å². The van der Waals surface area contributed by atoms with Crippen LogP contribution in [0.3, 0.4) is 0 Å². The van der Waals surface area contributed by atoms with Gasteiger partial charge in [0, 0.05) is 13.0 Å². The molecule has 3 unspecified atom stereocenters. The zero-order chi connectivity index (χ0) is 17.8. The van der Waals surface area contributed by atoms with Crippen LogP contribution < -0.4 is 14.8 Å². The Morgan fingerprint density at radius 1 is 1.28 bits per heavy atom. The Morgan fingerprint density at radius 3 is 2.76 bits per heavy atom. The minimum absolute atomic E-state index is 0.0170. The standard InChI is InChI=1S/C19H25F2NO3/c1-24-16-5-3-12(10-17(16)25-19(20)21)6-7-22-18(23)11-15-9-13-2-4-14(15)8-13/h3,5,10,13-15,19H,2,4,6-9,11H2,1H3,(H,22,23). The van der Waals surface area contributed by atoms with E-state index in [1.807, 2.05) is 0 Å². The predicted octanol–water partition coefficient (Wildman–Crippen LogP) is 3.78. The number of ether oxygens (including phenoxy) is 2. The van der Waals surface area contributed by atoms with E-state index in [-0.39, 0.29) is 17.4 Å². The summed E-state index contributed by atoms with van der Waals surface area (Å²) in [6.07, 6.45) is 6.29. The number of benzene rings is 1. The van der Waals surface area contributed by atoms with Crippen molar-refractivity contribution in [3.05, 3.63) is 23.8 Å². The highest BCUT2D eigenvalue weighted by Crippen LogP contribution is 2.49. The van der Waals surface area contributed by atoms with Crippen LogP contribution in [0.25, 0.3) is 0 Å². The SMILES string of the molecule is COc1ccc(CCNC(=O)CC2CC3CCC2C3)cc1OC(F)F. The molecule has 4 nitrogen and oxygen atoms in total. The van der Waals surface area contributed by atoms with Crippen LogP contribution in [-0.4, -0.2) is 26.2 Å². The molecular weight excluding hydrogens is 328 g/mol. The molecule has 0 heterocycles. The van der Waals surface area contributed by atoms with Gasteiger partial charge in [0.25, 0.3) is 0 Å². The fourth-order valence-electron chi connectivity index (χ4n) is 4.35. The van der Waals surface area contributed by atoms with Gasteiger partial charge in [-0.25, -0.2) is 0 Å². The van der Waals surface area contributed by atoms with E-state index in [1.54, 1.807) is 12.1 Å². The van der Waals surface area contributed by atoms with E-state index in [0.29, 0.717) is 25.3 Å². The number of halogens is 2. The van der Waals surface area contributed by atoms with Gasteiger partial charge in [0.1, 0.15) is 0 Å². The van der Waals surface area contributed by atoms with Crippen LogP contribution in [0.5, 0.6) is 11.5 Å². The molecule has 0 spiro atoms. The number of rotatable bonds is 8. The van der Waals surface area contributed by atoms with Crippen molar-refractivity contribution in [2.75, 3.05) is 13.7 Å². The van der Waals surface area contributed by atoms with Crippen LogP contribution in [0, 0.1) is 17.8 Å². The number of amides is 1. The maximum absolute atomic E-state index is 12.4. The van der Waals surface area contributed by atoms with Gasteiger partial charge in [-0.15, -0.1) is 0 Å². The fourth-order valence-corrected chi connectivity index (χ4v) is 4.35. The Balaban J connectivity index is 1.45. The highest BCUT2D eigenvalue weighted by atomic mass is 19.3. The van der Waals surface area contributed by atoms with Crippen molar-refractivity contribution in [3.63, 3.8) is 0 Å². The Hall–Kier alpha value is -1.85. The monoisotopic (exact) mass is 353 g/mol. The number of alkyl halides is 2. The van der Waals surface area contributed by atoms with E-state index in [0.717, 1.165) is 17.4 Å². The quantitative estimate of drug-likeness (QED) is 0.774. The molecule has 0 aliphatic heterocycles. The number of methoxy groups -OCH3 is 1. The topological polar surface area (TPSA) is 47.6 Å². The molecule has 138 valence electrons. The van der Waals surface area contributed by atoms with Crippen molar-refractivity contribution in [3.8, 4) is 11.5 Å². The average Bonchev–Trinajstić information content (AvgIpc) is 3.17. The smallest absolute Gasteiger partial charge is 0.387 e. The first kappa shape index (κ1) is 18.0. The molecule has 1 aromatic carbocycles. The highest BCUT2D eigenvalue weighted by Gasteiger charge is 2.39. The molecule has 1 N–H and O–H groups in total. The van der Waals surface area contributed by atoms with Gasteiger partial charge in [-0.1, -0.05) is 12.5 Å². The van der Waals surface area contributed by atoms with Gasteiger partial charge in [-0.05, 0) is 61.1 Å². The highest BCUT2D eigenvalue weighted by molar-refractivity contribution is 5.76.